The average molecular weight is 282 g/mol. The number of amides is 2. The second-order valence-corrected chi connectivity index (χ2v) is 7.75. The number of hydrogen-bond donors (Lipinski definition) is 0. The van der Waals surface area contributed by atoms with Crippen LogP contribution >= 0.6 is 0 Å². The van der Waals surface area contributed by atoms with Crippen LogP contribution in [0.25, 0.3) is 0 Å². The van der Waals surface area contributed by atoms with Crippen molar-refractivity contribution in [3.05, 3.63) is 0 Å². The van der Waals surface area contributed by atoms with Gasteiger partial charge in [-0.15, -0.1) is 0 Å². The third kappa shape index (κ3) is 3.87. The highest BCUT2D eigenvalue weighted by molar-refractivity contribution is 5.83. The van der Waals surface area contributed by atoms with Gasteiger partial charge in [-0.25, -0.2) is 4.79 Å². The monoisotopic (exact) mass is 282 g/mol. The van der Waals surface area contributed by atoms with Crippen molar-refractivity contribution in [2.45, 2.75) is 59.1 Å². The molecule has 0 atom stereocenters. The van der Waals surface area contributed by atoms with E-state index in [0.717, 1.165) is 19.4 Å². The number of carbonyl (C=O) groups is 2. The molecule has 5 nitrogen and oxygen atoms in total. The van der Waals surface area contributed by atoms with Crippen LogP contribution in [0.2, 0.25) is 0 Å². The minimum Gasteiger partial charge on any atom is -0.444 e. The van der Waals surface area contributed by atoms with Gasteiger partial charge in [-0.2, -0.15) is 0 Å². The van der Waals surface area contributed by atoms with Gasteiger partial charge in [-0.3, -0.25) is 9.69 Å². The van der Waals surface area contributed by atoms with Gasteiger partial charge in [0.25, 0.3) is 0 Å². The van der Waals surface area contributed by atoms with E-state index in [0.29, 0.717) is 12.6 Å². The Kier molecular flexibility index (Phi) is 3.73. The lowest BCUT2D eigenvalue weighted by molar-refractivity contribution is -0.132. The zero-order valence-corrected chi connectivity index (χ0v) is 13.2. The standard InChI is InChI=1S/C15H26N2O3/c1-14(2,3)20-13(19)16-8-12(18)17(11-6-7-11)10-15(4,5)9-16/h11H,6-10H2,1-5H3. The molecule has 0 radical (unpaired) electrons. The van der Waals surface area contributed by atoms with Crippen molar-refractivity contribution >= 4 is 12.0 Å². The van der Waals surface area contributed by atoms with Gasteiger partial charge in [0.15, 0.2) is 0 Å². The molecule has 0 aromatic heterocycles. The Balaban J connectivity index is 2.10. The normalized spacial score (nSPS) is 23.6. The van der Waals surface area contributed by atoms with E-state index in [1.54, 1.807) is 4.90 Å². The smallest absolute Gasteiger partial charge is 0.410 e. The van der Waals surface area contributed by atoms with Crippen molar-refractivity contribution in [2.75, 3.05) is 19.6 Å². The zero-order chi connectivity index (χ0) is 15.1. The first-order chi connectivity index (χ1) is 9.07. The van der Waals surface area contributed by atoms with Crippen molar-refractivity contribution in [1.29, 1.82) is 0 Å². The molecule has 2 aliphatic rings. The number of carbonyl (C=O) groups excluding carboxylic acids is 2. The van der Waals surface area contributed by atoms with Gasteiger partial charge >= 0.3 is 6.09 Å². The van der Waals surface area contributed by atoms with Crippen LogP contribution in [0.4, 0.5) is 4.79 Å². The van der Waals surface area contributed by atoms with Crippen molar-refractivity contribution in [2.24, 2.45) is 5.41 Å². The molecule has 114 valence electrons. The summed E-state index contributed by atoms with van der Waals surface area (Å²) in [5.74, 6) is 0.0453. The summed E-state index contributed by atoms with van der Waals surface area (Å²) < 4.78 is 5.40. The van der Waals surface area contributed by atoms with Crippen LogP contribution in [0, 0.1) is 5.41 Å². The molecule has 0 N–H and O–H groups in total. The fourth-order valence-corrected chi connectivity index (χ4v) is 2.60. The summed E-state index contributed by atoms with van der Waals surface area (Å²) in [4.78, 5) is 28.1. The van der Waals surface area contributed by atoms with Gasteiger partial charge in [0.05, 0.1) is 0 Å². The van der Waals surface area contributed by atoms with E-state index in [2.05, 4.69) is 13.8 Å². The third-order valence-electron chi connectivity index (χ3n) is 3.50. The SMILES string of the molecule is CC1(C)CN(C(=O)OC(C)(C)C)CC(=O)N(C2CC2)C1. The number of hydrogen-bond acceptors (Lipinski definition) is 3. The number of nitrogens with zero attached hydrogens (tertiary/aromatic N) is 2. The highest BCUT2D eigenvalue weighted by atomic mass is 16.6. The fourth-order valence-electron chi connectivity index (χ4n) is 2.60. The molecule has 0 aromatic carbocycles. The summed E-state index contributed by atoms with van der Waals surface area (Å²) in [6.45, 7) is 11.1. The molecular weight excluding hydrogens is 256 g/mol. The molecule has 1 saturated carbocycles. The predicted octanol–water partition coefficient (Wildman–Crippen LogP) is 2.25. The molecular formula is C15H26N2O3. The highest BCUT2D eigenvalue weighted by Crippen LogP contribution is 2.33. The molecule has 1 aliphatic heterocycles. The minimum absolute atomic E-state index is 0.0453. The molecule has 0 aromatic rings. The molecule has 1 aliphatic carbocycles. The summed E-state index contributed by atoms with van der Waals surface area (Å²) in [6, 6.07) is 0.389. The van der Waals surface area contributed by atoms with Gasteiger partial charge in [0.1, 0.15) is 12.1 Å². The summed E-state index contributed by atoms with van der Waals surface area (Å²) >= 11 is 0. The van der Waals surface area contributed by atoms with Crippen molar-refractivity contribution < 1.29 is 14.3 Å². The molecule has 2 amide bonds. The summed E-state index contributed by atoms with van der Waals surface area (Å²) in [5.41, 5.74) is -0.640. The Bertz CT molecular complexity index is 408. The topological polar surface area (TPSA) is 49.9 Å². The first-order valence-electron chi connectivity index (χ1n) is 7.35. The van der Waals surface area contributed by atoms with Crippen LogP contribution in [0.5, 0.6) is 0 Å². The summed E-state index contributed by atoms with van der Waals surface area (Å²) in [6.07, 6.45) is 1.79. The van der Waals surface area contributed by atoms with Crippen LogP contribution in [0.1, 0.15) is 47.5 Å². The van der Waals surface area contributed by atoms with E-state index in [4.69, 9.17) is 4.74 Å². The van der Waals surface area contributed by atoms with Gasteiger partial charge in [0, 0.05) is 24.5 Å². The van der Waals surface area contributed by atoms with Crippen LogP contribution in [-0.2, 0) is 9.53 Å². The second-order valence-electron chi connectivity index (χ2n) is 7.75. The van der Waals surface area contributed by atoms with Crippen molar-refractivity contribution in [3.63, 3.8) is 0 Å². The largest absolute Gasteiger partial charge is 0.444 e. The molecule has 0 bridgehead atoms. The first kappa shape index (κ1) is 15.1. The second kappa shape index (κ2) is 4.93. The molecule has 0 unspecified atom stereocenters. The Labute approximate surface area is 121 Å². The predicted molar refractivity (Wildman–Crippen MR) is 76.3 cm³/mol. The highest BCUT2D eigenvalue weighted by Gasteiger charge is 2.41. The van der Waals surface area contributed by atoms with E-state index < -0.39 is 11.7 Å². The van der Waals surface area contributed by atoms with E-state index in [-0.39, 0.29) is 17.9 Å². The van der Waals surface area contributed by atoms with E-state index in [1.165, 1.54) is 0 Å². The molecule has 1 saturated heterocycles. The number of rotatable bonds is 1. The van der Waals surface area contributed by atoms with Gasteiger partial charge in [-0.1, -0.05) is 13.8 Å². The third-order valence-corrected chi connectivity index (χ3v) is 3.50. The molecule has 5 heteroatoms. The zero-order valence-electron chi connectivity index (χ0n) is 13.2. The quantitative estimate of drug-likeness (QED) is 0.741. The maximum absolute atomic E-state index is 12.3. The van der Waals surface area contributed by atoms with E-state index >= 15 is 0 Å². The maximum Gasteiger partial charge on any atom is 0.410 e. The van der Waals surface area contributed by atoms with Crippen LogP contribution < -0.4 is 0 Å². The molecule has 2 rings (SSSR count). The lowest BCUT2D eigenvalue weighted by atomic mass is 9.92. The minimum atomic E-state index is -0.535. The van der Waals surface area contributed by atoms with Gasteiger partial charge < -0.3 is 9.64 Å². The van der Waals surface area contributed by atoms with Crippen LogP contribution in [0.15, 0.2) is 0 Å². The van der Waals surface area contributed by atoms with Gasteiger partial charge in [-0.05, 0) is 33.6 Å². The average Bonchev–Trinajstić information content (AvgIpc) is 3.04. The van der Waals surface area contributed by atoms with Gasteiger partial charge in [0.2, 0.25) is 5.91 Å². The Morgan fingerprint density at radius 1 is 1.25 bits per heavy atom. The Morgan fingerprint density at radius 3 is 2.35 bits per heavy atom. The van der Waals surface area contributed by atoms with E-state index in [9.17, 15) is 9.59 Å². The number of ether oxygens (including phenoxy) is 1. The Hall–Kier alpha value is -1.26. The maximum atomic E-state index is 12.3. The Morgan fingerprint density at radius 2 is 1.85 bits per heavy atom. The van der Waals surface area contributed by atoms with Crippen LogP contribution in [0.3, 0.4) is 0 Å². The molecule has 1 heterocycles. The lowest BCUT2D eigenvalue weighted by Crippen LogP contribution is -2.42. The molecule has 2 fully saturated rings. The summed E-state index contributed by atoms with van der Waals surface area (Å²) in [5, 5.41) is 0. The van der Waals surface area contributed by atoms with Crippen molar-refractivity contribution in [3.8, 4) is 0 Å². The summed E-state index contributed by atoms with van der Waals surface area (Å²) in [7, 11) is 0. The lowest BCUT2D eigenvalue weighted by Gasteiger charge is -2.31. The fraction of sp³-hybridized carbons (Fsp3) is 0.867. The molecule has 20 heavy (non-hydrogen) atoms. The molecule has 0 spiro atoms. The van der Waals surface area contributed by atoms with E-state index in [1.807, 2.05) is 25.7 Å². The first-order valence-corrected chi connectivity index (χ1v) is 7.35. The van der Waals surface area contributed by atoms with Crippen LogP contribution in [-0.4, -0.2) is 53.1 Å². The van der Waals surface area contributed by atoms with Crippen molar-refractivity contribution in [1.82, 2.24) is 9.80 Å².